The molecule has 0 radical (unpaired) electrons. The van der Waals surface area contributed by atoms with E-state index in [1.807, 2.05) is 88.6 Å². The van der Waals surface area contributed by atoms with E-state index in [-0.39, 0.29) is 11.1 Å². The Balaban J connectivity index is 0.000000150. The maximum absolute atomic E-state index is 12.8. The zero-order chi connectivity index (χ0) is 40.2. The number of hydrogen-bond donors (Lipinski definition) is 2. The average Bonchev–Trinajstić information content (AvgIpc) is 3.84. The SMILES string of the molecule is Cc1cn2nc(-c3nc4ccc(N5CCN(C)CC5)cc4c(=O)[nH]3)cc2c(C)n1.Cc1cn2nc(-c3nc4ccc(N5CCN(C)CC5)cc4c(=O)[nH]3)cc2c(C)n1. The third-order valence-electron chi connectivity index (χ3n) is 11.1. The molecule has 2 aliphatic heterocycles. The van der Waals surface area contributed by atoms with Crippen LogP contribution < -0.4 is 20.9 Å². The summed E-state index contributed by atoms with van der Waals surface area (Å²) in [7, 11) is 4.26. The summed E-state index contributed by atoms with van der Waals surface area (Å²) in [6.45, 7) is 15.7. The van der Waals surface area contributed by atoms with Crippen LogP contribution in [-0.2, 0) is 0 Å². The Morgan fingerprint density at radius 1 is 0.517 bits per heavy atom. The van der Waals surface area contributed by atoms with Crippen LogP contribution in [0.5, 0.6) is 0 Å². The summed E-state index contributed by atoms with van der Waals surface area (Å²) in [5, 5.41) is 10.4. The Labute approximate surface area is 333 Å². The molecule has 8 aromatic rings. The number of nitrogens with zero attached hydrogens (tertiary/aromatic N) is 12. The lowest BCUT2D eigenvalue weighted by molar-refractivity contribution is 0.313. The van der Waals surface area contributed by atoms with Crippen molar-refractivity contribution in [1.82, 2.24) is 58.9 Å². The Hall–Kier alpha value is -6.52. The molecule has 0 amide bonds. The van der Waals surface area contributed by atoms with Crippen LogP contribution in [-0.4, -0.2) is 125 Å². The van der Waals surface area contributed by atoms with Gasteiger partial charge in [0.15, 0.2) is 11.6 Å². The van der Waals surface area contributed by atoms with Gasteiger partial charge in [0.2, 0.25) is 0 Å². The fourth-order valence-electron chi connectivity index (χ4n) is 7.83. The van der Waals surface area contributed by atoms with E-state index in [0.29, 0.717) is 44.8 Å². The molecule has 2 N–H and O–H groups in total. The molecule has 0 spiro atoms. The summed E-state index contributed by atoms with van der Waals surface area (Å²) in [6, 6.07) is 15.6. The van der Waals surface area contributed by atoms with Crippen molar-refractivity contribution in [2.75, 3.05) is 76.3 Å². The molecule has 16 nitrogen and oxygen atoms in total. The minimum absolute atomic E-state index is 0.149. The second kappa shape index (κ2) is 14.8. The monoisotopic (exact) mass is 778 g/mol. The Bertz CT molecular complexity index is 2760. The molecule has 58 heavy (non-hydrogen) atoms. The van der Waals surface area contributed by atoms with Gasteiger partial charge in [-0.1, -0.05) is 0 Å². The molecule has 2 saturated heterocycles. The van der Waals surface area contributed by atoms with E-state index >= 15 is 0 Å². The van der Waals surface area contributed by atoms with Crippen LogP contribution in [0.4, 0.5) is 11.4 Å². The van der Waals surface area contributed by atoms with Crippen LogP contribution in [0.15, 0.2) is 70.5 Å². The fraction of sp³-hybridized carbons (Fsp3) is 0.333. The maximum atomic E-state index is 12.8. The molecule has 8 heterocycles. The second-order valence-corrected chi connectivity index (χ2v) is 15.5. The van der Waals surface area contributed by atoms with Gasteiger partial charge in [-0.25, -0.2) is 19.0 Å². The van der Waals surface area contributed by atoms with Crippen molar-refractivity contribution in [3.8, 4) is 23.0 Å². The van der Waals surface area contributed by atoms with Crippen LogP contribution in [0.3, 0.4) is 0 Å². The highest BCUT2D eigenvalue weighted by molar-refractivity contribution is 5.84. The lowest BCUT2D eigenvalue weighted by atomic mass is 10.2. The minimum atomic E-state index is -0.149. The number of aromatic nitrogens is 10. The fourth-order valence-corrected chi connectivity index (χ4v) is 7.83. The number of piperazine rings is 2. The van der Waals surface area contributed by atoms with Gasteiger partial charge in [-0.05, 0) is 90.3 Å². The van der Waals surface area contributed by atoms with Crippen LogP contribution in [0.2, 0.25) is 0 Å². The van der Waals surface area contributed by atoms with Gasteiger partial charge >= 0.3 is 0 Å². The summed E-state index contributed by atoms with van der Waals surface area (Å²) in [6.07, 6.45) is 3.74. The Morgan fingerprint density at radius 2 is 0.914 bits per heavy atom. The molecule has 0 aliphatic carbocycles. The molecule has 10 rings (SSSR count). The van der Waals surface area contributed by atoms with E-state index in [2.05, 4.69) is 73.8 Å². The zero-order valence-corrected chi connectivity index (χ0v) is 33.6. The Kier molecular flexibility index (Phi) is 9.44. The first-order chi connectivity index (χ1) is 27.9. The standard InChI is InChI=1S/2C21H23N7O/c2*1-13-12-28-19(14(2)22-13)11-18(25-28)20-23-17-5-4-15(10-16(17)21(29)24-20)27-8-6-26(3)7-9-27/h2*4-5,10-12H,6-9H2,1-3H3,(H,23,24,29). The second-order valence-electron chi connectivity index (χ2n) is 15.5. The molecular formula is C42H46N14O2. The summed E-state index contributed by atoms with van der Waals surface area (Å²) in [5.74, 6) is 0.936. The molecule has 6 aromatic heterocycles. The average molecular weight is 779 g/mol. The first-order valence-corrected chi connectivity index (χ1v) is 19.6. The van der Waals surface area contributed by atoms with Crippen LogP contribution in [0.25, 0.3) is 55.9 Å². The van der Waals surface area contributed by atoms with Gasteiger partial charge in [0, 0.05) is 63.7 Å². The first kappa shape index (κ1) is 37.1. The van der Waals surface area contributed by atoms with Gasteiger partial charge in [-0.2, -0.15) is 10.2 Å². The smallest absolute Gasteiger partial charge is 0.259 e. The van der Waals surface area contributed by atoms with E-state index in [1.54, 1.807) is 9.03 Å². The summed E-state index contributed by atoms with van der Waals surface area (Å²) in [4.78, 5) is 59.0. The highest BCUT2D eigenvalue weighted by atomic mass is 16.1. The summed E-state index contributed by atoms with van der Waals surface area (Å²) in [5.41, 5.74) is 9.80. The van der Waals surface area contributed by atoms with Crippen LogP contribution >= 0.6 is 0 Å². The third kappa shape index (κ3) is 7.16. The topological polar surface area (TPSA) is 165 Å². The van der Waals surface area contributed by atoms with Gasteiger partial charge < -0.3 is 29.6 Å². The number of aromatic amines is 2. The van der Waals surface area contributed by atoms with E-state index in [4.69, 9.17) is 0 Å². The largest absolute Gasteiger partial charge is 0.369 e. The van der Waals surface area contributed by atoms with Crippen molar-refractivity contribution >= 4 is 44.2 Å². The number of benzene rings is 2. The third-order valence-corrected chi connectivity index (χ3v) is 11.1. The van der Waals surface area contributed by atoms with Crippen molar-refractivity contribution in [1.29, 1.82) is 0 Å². The molecule has 296 valence electrons. The molecule has 0 unspecified atom stereocenters. The van der Waals surface area contributed by atoms with Gasteiger partial charge in [-0.3, -0.25) is 19.6 Å². The van der Waals surface area contributed by atoms with Crippen LogP contribution in [0.1, 0.15) is 22.8 Å². The quantitative estimate of drug-likeness (QED) is 0.264. The lowest BCUT2D eigenvalue weighted by Crippen LogP contribution is -2.44. The van der Waals surface area contributed by atoms with E-state index in [9.17, 15) is 9.59 Å². The maximum Gasteiger partial charge on any atom is 0.259 e. The van der Waals surface area contributed by atoms with Crippen molar-refractivity contribution < 1.29 is 0 Å². The number of aryl methyl sites for hydroxylation is 4. The van der Waals surface area contributed by atoms with Gasteiger partial charge in [0.25, 0.3) is 11.1 Å². The number of rotatable bonds is 4. The molecule has 2 aliphatic rings. The number of fused-ring (bicyclic) bond motifs is 4. The summed E-state index contributed by atoms with van der Waals surface area (Å²) >= 11 is 0. The zero-order valence-electron chi connectivity index (χ0n) is 33.6. The van der Waals surface area contributed by atoms with E-state index in [1.165, 1.54) is 0 Å². The molecule has 2 fully saturated rings. The Morgan fingerprint density at radius 3 is 1.31 bits per heavy atom. The number of nitrogens with one attached hydrogen (secondary N) is 2. The van der Waals surface area contributed by atoms with Gasteiger partial charge in [0.1, 0.15) is 11.4 Å². The molecule has 0 saturated carbocycles. The van der Waals surface area contributed by atoms with Crippen molar-refractivity contribution in [3.05, 3.63) is 104 Å². The molecule has 16 heteroatoms. The minimum Gasteiger partial charge on any atom is -0.369 e. The highest BCUT2D eigenvalue weighted by Gasteiger charge is 2.19. The first-order valence-electron chi connectivity index (χ1n) is 19.6. The molecular weight excluding hydrogens is 733 g/mol. The summed E-state index contributed by atoms with van der Waals surface area (Å²) < 4.78 is 3.57. The number of likely N-dealkylation sites (N-methyl/N-ethyl adjacent to an activating group) is 2. The molecule has 2 aromatic carbocycles. The number of hydrogen-bond acceptors (Lipinski definition) is 12. The predicted octanol–water partition coefficient (Wildman–Crippen LogP) is 4.00. The van der Waals surface area contributed by atoms with Crippen molar-refractivity contribution in [2.24, 2.45) is 0 Å². The van der Waals surface area contributed by atoms with Crippen LogP contribution in [0, 0.1) is 27.7 Å². The van der Waals surface area contributed by atoms with E-state index in [0.717, 1.165) is 97.5 Å². The highest BCUT2D eigenvalue weighted by Crippen LogP contribution is 2.25. The lowest BCUT2D eigenvalue weighted by Gasteiger charge is -2.34. The number of H-pyrrole nitrogens is 2. The number of anilines is 2. The van der Waals surface area contributed by atoms with Crippen molar-refractivity contribution in [3.63, 3.8) is 0 Å². The van der Waals surface area contributed by atoms with Gasteiger partial charge in [0.05, 0.1) is 68.0 Å². The van der Waals surface area contributed by atoms with E-state index < -0.39 is 0 Å². The van der Waals surface area contributed by atoms with Crippen molar-refractivity contribution in [2.45, 2.75) is 27.7 Å². The molecule has 0 atom stereocenters. The molecule has 0 bridgehead atoms. The normalized spacial score (nSPS) is 15.5. The van der Waals surface area contributed by atoms with Gasteiger partial charge in [-0.15, -0.1) is 0 Å². The predicted molar refractivity (Wildman–Crippen MR) is 227 cm³/mol.